The molecule has 5 nitrogen and oxygen atoms in total. The Kier molecular flexibility index (Phi) is 5.90. The smallest absolute Gasteiger partial charge is 0.236 e. The highest BCUT2D eigenvalue weighted by atomic mass is 16.5. The van der Waals surface area contributed by atoms with Crippen LogP contribution in [0.4, 0.5) is 5.69 Å². The lowest BCUT2D eigenvalue weighted by Crippen LogP contribution is -2.50. The molecule has 0 saturated carbocycles. The van der Waals surface area contributed by atoms with Gasteiger partial charge >= 0.3 is 0 Å². The molecule has 0 aliphatic carbocycles. The van der Waals surface area contributed by atoms with Gasteiger partial charge in [0.1, 0.15) is 5.75 Å². The van der Waals surface area contributed by atoms with E-state index in [2.05, 4.69) is 34.5 Å². The van der Waals surface area contributed by atoms with Crippen molar-refractivity contribution in [3.05, 3.63) is 60.2 Å². The lowest BCUT2D eigenvalue weighted by Gasteiger charge is -2.36. The number of nitrogens with zero attached hydrogens (tertiary/aromatic N) is 2. The maximum atomic E-state index is 12.4. The Hall–Kier alpha value is -2.53. The molecule has 2 aromatic rings. The van der Waals surface area contributed by atoms with Gasteiger partial charge in [-0.25, -0.2) is 0 Å². The number of benzene rings is 2. The van der Waals surface area contributed by atoms with Crippen LogP contribution in [0.2, 0.25) is 0 Å². The molecular weight excluding hydrogens is 314 g/mol. The third kappa shape index (κ3) is 4.51. The van der Waals surface area contributed by atoms with Crippen LogP contribution in [0.25, 0.3) is 0 Å². The Morgan fingerprint density at radius 1 is 1.00 bits per heavy atom. The van der Waals surface area contributed by atoms with Crippen molar-refractivity contribution < 1.29 is 9.53 Å². The molecule has 1 heterocycles. The van der Waals surface area contributed by atoms with E-state index >= 15 is 0 Å². The third-order valence-electron chi connectivity index (χ3n) is 4.54. The van der Waals surface area contributed by atoms with Gasteiger partial charge in [0, 0.05) is 44.0 Å². The van der Waals surface area contributed by atoms with Crippen molar-refractivity contribution in [1.29, 1.82) is 0 Å². The largest absolute Gasteiger partial charge is 0.496 e. The molecule has 3 rings (SSSR count). The Morgan fingerprint density at radius 3 is 2.40 bits per heavy atom. The molecule has 1 amide bonds. The summed E-state index contributed by atoms with van der Waals surface area (Å²) < 4.78 is 5.33. The molecule has 132 valence electrons. The van der Waals surface area contributed by atoms with E-state index in [-0.39, 0.29) is 5.91 Å². The van der Waals surface area contributed by atoms with Crippen molar-refractivity contribution in [3.8, 4) is 5.75 Å². The van der Waals surface area contributed by atoms with Gasteiger partial charge in [0.05, 0.1) is 13.7 Å². The van der Waals surface area contributed by atoms with Crippen LogP contribution >= 0.6 is 0 Å². The van der Waals surface area contributed by atoms with Crippen LogP contribution in [-0.4, -0.2) is 50.6 Å². The van der Waals surface area contributed by atoms with Gasteiger partial charge in [0.2, 0.25) is 5.91 Å². The summed E-state index contributed by atoms with van der Waals surface area (Å²) in [5.41, 5.74) is 2.29. The molecule has 0 spiro atoms. The van der Waals surface area contributed by atoms with E-state index in [1.54, 1.807) is 7.11 Å². The number of carbonyl (C=O) groups is 1. The molecule has 1 aliphatic rings. The van der Waals surface area contributed by atoms with E-state index in [1.807, 2.05) is 35.2 Å². The van der Waals surface area contributed by atoms with Crippen LogP contribution in [0.5, 0.6) is 5.75 Å². The van der Waals surface area contributed by atoms with Crippen molar-refractivity contribution in [2.45, 2.75) is 6.54 Å². The van der Waals surface area contributed by atoms with Gasteiger partial charge < -0.3 is 19.9 Å². The van der Waals surface area contributed by atoms with Crippen LogP contribution in [-0.2, 0) is 11.3 Å². The SMILES string of the molecule is COc1ccccc1CNCC(=O)N1CCN(c2ccccc2)CC1. The van der Waals surface area contributed by atoms with Crippen LogP contribution in [0, 0.1) is 0 Å². The molecule has 5 heteroatoms. The zero-order valence-corrected chi connectivity index (χ0v) is 14.6. The number of amides is 1. The molecule has 2 aromatic carbocycles. The first-order valence-electron chi connectivity index (χ1n) is 8.68. The van der Waals surface area contributed by atoms with Gasteiger partial charge in [-0.1, -0.05) is 36.4 Å². The van der Waals surface area contributed by atoms with Crippen LogP contribution in [0.15, 0.2) is 54.6 Å². The van der Waals surface area contributed by atoms with E-state index < -0.39 is 0 Å². The molecule has 1 fully saturated rings. The summed E-state index contributed by atoms with van der Waals surface area (Å²) in [4.78, 5) is 16.7. The number of anilines is 1. The number of hydrogen-bond donors (Lipinski definition) is 1. The highest BCUT2D eigenvalue weighted by Gasteiger charge is 2.20. The Labute approximate surface area is 149 Å². The number of methoxy groups -OCH3 is 1. The molecule has 25 heavy (non-hydrogen) atoms. The molecule has 1 N–H and O–H groups in total. The summed E-state index contributed by atoms with van der Waals surface area (Å²) in [5.74, 6) is 1.00. The normalized spacial score (nSPS) is 14.4. The predicted octanol–water partition coefficient (Wildman–Crippen LogP) is 2.13. The third-order valence-corrected chi connectivity index (χ3v) is 4.54. The average molecular weight is 339 g/mol. The fraction of sp³-hybridized carbons (Fsp3) is 0.350. The second-order valence-electron chi connectivity index (χ2n) is 6.12. The van der Waals surface area contributed by atoms with Gasteiger partial charge in [-0.2, -0.15) is 0 Å². The summed E-state index contributed by atoms with van der Waals surface area (Å²) in [6.45, 7) is 4.27. The highest BCUT2D eigenvalue weighted by Crippen LogP contribution is 2.17. The number of hydrogen-bond acceptors (Lipinski definition) is 4. The first-order chi connectivity index (χ1) is 12.3. The van der Waals surface area contributed by atoms with Crippen molar-refractivity contribution in [2.75, 3.05) is 44.7 Å². The number of ether oxygens (including phenoxy) is 1. The standard InChI is InChI=1S/C20H25N3O2/c1-25-19-10-6-5-7-17(19)15-21-16-20(24)23-13-11-22(12-14-23)18-8-3-2-4-9-18/h2-10,21H,11-16H2,1H3. The van der Waals surface area contributed by atoms with Crippen molar-refractivity contribution in [2.24, 2.45) is 0 Å². The summed E-state index contributed by atoms with van der Waals surface area (Å²) in [7, 11) is 1.66. The van der Waals surface area contributed by atoms with Gasteiger partial charge in [-0.3, -0.25) is 4.79 Å². The van der Waals surface area contributed by atoms with Crippen molar-refractivity contribution in [1.82, 2.24) is 10.2 Å². The second kappa shape index (κ2) is 8.53. The van der Waals surface area contributed by atoms with E-state index in [0.717, 1.165) is 37.5 Å². The molecule has 1 saturated heterocycles. The topological polar surface area (TPSA) is 44.8 Å². The lowest BCUT2D eigenvalue weighted by molar-refractivity contribution is -0.130. The molecule has 0 bridgehead atoms. The van der Waals surface area contributed by atoms with Crippen molar-refractivity contribution >= 4 is 11.6 Å². The zero-order valence-electron chi connectivity index (χ0n) is 14.6. The summed E-state index contributed by atoms with van der Waals surface area (Å²) in [5, 5.41) is 3.23. The van der Waals surface area contributed by atoms with E-state index in [4.69, 9.17) is 4.74 Å². The minimum absolute atomic E-state index is 0.155. The molecule has 0 unspecified atom stereocenters. The molecular formula is C20H25N3O2. The van der Waals surface area contributed by atoms with E-state index in [9.17, 15) is 4.79 Å². The fourth-order valence-electron chi connectivity index (χ4n) is 3.12. The first-order valence-corrected chi connectivity index (χ1v) is 8.68. The van der Waals surface area contributed by atoms with Crippen molar-refractivity contribution in [3.63, 3.8) is 0 Å². The summed E-state index contributed by atoms with van der Waals surface area (Å²) in [6, 6.07) is 18.2. The number of carbonyl (C=O) groups excluding carboxylic acids is 1. The molecule has 1 aliphatic heterocycles. The average Bonchev–Trinajstić information content (AvgIpc) is 2.69. The molecule has 0 radical (unpaired) electrons. The van der Waals surface area contributed by atoms with Gasteiger partial charge in [-0.05, 0) is 18.2 Å². The quantitative estimate of drug-likeness (QED) is 0.876. The predicted molar refractivity (Wildman–Crippen MR) is 99.9 cm³/mol. The van der Waals surface area contributed by atoms with Crippen LogP contribution in [0.3, 0.4) is 0 Å². The van der Waals surface area contributed by atoms with Crippen LogP contribution in [0.1, 0.15) is 5.56 Å². The monoisotopic (exact) mass is 339 g/mol. The van der Waals surface area contributed by atoms with E-state index in [1.165, 1.54) is 5.69 Å². The lowest BCUT2D eigenvalue weighted by atomic mass is 10.2. The summed E-state index contributed by atoms with van der Waals surface area (Å²) in [6.07, 6.45) is 0. The Morgan fingerprint density at radius 2 is 1.68 bits per heavy atom. The molecule has 0 aromatic heterocycles. The summed E-state index contributed by atoms with van der Waals surface area (Å²) >= 11 is 0. The maximum absolute atomic E-state index is 12.4. The Balaban J connectivity index is 1.44. The minimum Gasteiger partial charge on any atom is -0.496 e. The second-order valence-corrected chi connectivity index (χ2v) is 6.12. The van der Waals surface area contributed by atoms with Crippen LogP contribution < -0.4 is 15.0 Å². The molecule has 0 atom stereocenters. The number of nitrogens with one attached hydrogen (secondary N) is 1. The number of piperazine rings is 1. The van der Waals surface area contributed by atoms with Gasteiger partial charge in [0.25, 0.3) is 0 Å². The number of para-hydroxylation sites is 2. The highest BCUT2D eigenvalue weighted by molar-refractivity contribution is 5.78. The number of rotatable bonds is 6. The fourth-order valence-corrected chi connectivity index (χ4v) is 3.12. The minimum atomic E-state index is 0.155. The van der Waals surface area contributed by atoms with Gasteiger partial charge in [-0.15, -0.1) is 0 Å². The maximum Gasteiger partial charge on any atom is 0.236 e. The van der Waals surface area contributed by atoms with Gasteiger partial charge in [0.15, 0.2) is 0 Å². The first kappa shape index (κ1) is 17.3. The Bertz CT molecular complexity index is 682. The zero-order chi connectivity index (χ0) is 17.5. The van der Waals surface area contributed by atoms with E-state index in [0.29, 0.717) is 13.1 Å².